The topological polar surface area (TPSA) is 77.1 Å². The average Bonchev–Trinajstić information content (AvgIpc) is 3.33. The molecule has 9 heteroatoms. The molecule has 0 spiro atoms. The number of hydrogen-bond acceptors (Lipinski definition) is 7. The Labute approximate surface area is 159 Å². The maximum atomic E-state index is 10.9. The highest BCUT2D eigenvalue weighted by Gasteiger charge is 2.41. The molecule has 134 valence electrons. The Balaban J connectivity index is 1.49. The second kappa shape index (κ2) is 6.31. The van der Waals surface area contributed by atoms with Gasteiger partial charge < -0.3 is 0 Å². The number of benzene rings is 1. The van der Waals surface area contributed by atoms with Gasteiger partial charge in [-0.1, -0.05) is 31.0 Å². The molecule has 2 aliphatic heterocycles. The third-order valence-electron chi connectivity index (χ3n) is 5.15. The number of thioether (sulfide) groups is 2. The highest BCUT2D eigenvalue weighted by molar-refractivity contribution is 8.07. The van der Waals surface area contributed by atoms with E-state index in [0.29, 0.717) is 5.92 Å². The smallest absolute Gasteiger partial charge is 0.258 e. The van der Waals surface area contributed by atoms with E-state index in [4.69, 9.17) is 0 Å². The number of nitro benzene ring substituents is 1. The van der Waals surface area contributed by atoms with Crippen molar-refractivity contribution in [3.8, 4) is 0 Å². The van der Waals surface area contributed by atoms with E-state index in [1.807, 2.05) is 12.1 Å². The van der Waals surface area contributed by atoms with Crippen molar-refractivity contribution in [1.29, 1.82) is 0 Å². The molecule has 1 atom stereocenters. The van der Waals surface area contributed by atoms with E-state index in [9.17, 15) is 10.1 Å². The molecule has 0 radical (unpaired) electrons. The van der Waals surface area contributed by atoms with Gasteiger partial charge in [0.25, 0.3) is 5.69 Å². The molecule has 7 nitrogen and oxygen atoms in total. The van der Waals surface area contributed by atoms with Crippen LogP contribution < -0.4 is 5.01 Å². The van der Waals surface area contributed by atoms with Gasteiger partial charge in [-0.3, -0.25) is 15.1 Å². The zero-order valence-corrected chi connectivity index (χ0v) is 15.6. The molecule has 1 aromatic heterocycles. The Kier molecular flexibility index (Phi) is 3.93. The fourth-order valence-electron chi connectivity index (χ4n) is 3.86. The molecule has 3 aliphatic rings. The first-order valence-electron chi connectivity index (χ1n) is 8.75. The number of rotatable bonds is 3. The summed E-state index contributed by atoms with van der Waals surface area (Å²) in [5.41, 5.74) is 1.16. The fourth-order valence-corrected chi connectivity index (χ4v) is 6.09. The van der Waals surface area contributed by atoms with Gasteiger partial charge in [0.2, 0.25) is 5.16 Å². The lowest BCUT2D eigenvalue weighted by Crippen LogP contribution is -2.31. The molecule has 5 rings (SSSR count). The summed E-state index contributed by atoms with van der Waals surface area (Å²) in [5.74, 6) is 1.53. The summed E-state index contributed by atoms with van der Waals surface area (Å²) in [4.78, 5) is 10.6. The minimum Gasteiger partial charge on any atom is -0.258 e. The quantitative estimate of drug-likeness (QED) is 0.566. The summed E-state index contributed by atoms with van der Waals surface area (Å²) in [6, 6.07) is 6.85. The number of nitro groups is 1. The van der Waals surface area contributed by atoms with Crippen molar-refractivity contribution in [3.63, 3.8) is 0 Å². The van der Waals surface area contributed by atoms with Gasteiger partial charge in [0.15, 0.2) is 5.82 Å². The van der Waals surface area contributed by atoms with Crippen molar-refractivity contribution in [2.75, 3.05) is 5.01 Å². The van der Waals surface area contributed by atoms with Crippen LogP contribution >= 0.6 is 23.5 Å². The number of hydrogen-bond donors (Lipinski definition) is 0. The largest absolute Gasteiger partial charge is 0.269 e. The van der Waals surface area contributed by atoms with Crippen molar-refractivity contribution in [2.24, 2.45) is 0 Å². The molecule has 1 saturated carbocycles. The van der Waals surface area contributed by atoms with Crippen LogP contribution in [-0.4, -0.2) is 19.8 Å². The van der Waals surface area contributed by atoms with Crippen molar-refractivity contribution in [1.82, 2.24) is 14.9 Å². The van der Waals surface area contributed by atoms with Crippen molar-refractivity contribution in [2.45, 2.75) is 48.6 Å². The van der Waals surface area contributed by atoms with Gasteiger partial charge in [0.1, 0.15) is 10.4 Å². The third-order valence-corrected chi connectivity index (χ3v) is 7.34. The van der Waals surface area contributed by atoms with E-state index in [1.54, 1.807) is 35.7 Å². The Morgan fingerprint density at radius 1 is 1.12 bits per heavy atom. The molecule has 0 N–H and O–H groups in total. The van der Waals surface area contributed by atoms with Crippen LogP contribution in [0.2, 0.25) is 0 Å². The molecule has 0 saturated heterocycles. The van der Waals surface area contributed by atoms with Crippen molar-refractivity contribution in [3.05, 3.63) is 56.2 Å². The first-order chi connectivity index (χ1) is 12.7. The standard InChI is InChI=1S/C17H17N5O2S2/c23-22(24)13-8-6-12(7-9-13)16-20-14(10-25-16)26-17-19-18-15(21(17)20)11-4-2-1-3-5-11/h6-11,16H,1-5H2. The lowest BCUT2D eigenvalue weighted by Gasteiger charge is -2.28. The number of fused-ring (bicyclic) bond motifs is 3. The molecular weight excluding hydrogens is 370 g/mol. The first kappa shape index (κ1) is 16.2. The predicted octanol–water partition coefficient (Wildman–Crippen LogP) is 4.52. The van der Waals surface area contributed by atoms with Gasteiger partial charge in [-0.2, -0.15) is 0 Å². The van der Waals surface area contributed by atoms with E-state index in [0.717, 1.165) is 21.6 Å². The molecule has 1 fully saturated rings. The third kappa shape index (κ3) is 2.52. The molecule has 26 heavy (non-hydrogen) atoms. The van der Waals surface area contributed by atoms with Crippen LogP contribution in [0.25, 0.3) is 0 Å². The molecule has 1 unspecified atom stereocenters. The van der Waals surface area contributed by atoms with E-state index < -0.39 is 0 Å². The van der Waals surface area contributed by atoms with Gasteiger partial charge in [0, 0.05) is 23.5 Å². The minimum atomic E-state index is -0.361. The molecule has 2 aromatic rings. The fraction of sp³-hybridized carbons (Fsp3) is 0.412. The number of non-ortho nitro benzene ring substituents is 1. The zero-order chi connectivity index (χ0) is 17.7. The molecule has 0 amide bonds. The van der Waals surface area contributed by atoms with Gasteiger partial charge >= 0.3 is 0 Å². The highest BCUT2D eigenvalue weighted by Crippen LogP contribution is 2.52. The van der Waals surface area contributed by atoms with Crippen LogP contribution in [0.3, 0.4) is 0 Å². The first-order valence-corrected chi connectivity index (χ1v) is 10.5. The van der Waals surface area contributed by atoms with Crippen molar-refractivity contribution < 1.29 is 4.92 Å². The number of aromatic nitrogens is 3. The molecule has 3 heterocycles. The normalized spacial score (nSPS) is 22.2. The average molecular weight is 387 g/mol. The SMILES string of the molecule is O=[N+]([O-])c1ccc(C2SC=C3Sc4nnc(C5CCCCC5)n4N32)cc1. The van der Waals surface area contributed by atoms with Gasteiger partial charge in [0.05, 0.1) is 4.92 Å². The zero-order valence-electron chi connectivity index (χ0n) is 13.9. The monoisotopic (exact) mass is 387 g/mol. The van der Waals surface area contributed by atoms with Crippen LogP contribution in [0.1, 0.15) is 54.8 Å². The highest BCUT2D eigenvalue weighted by atomic mass is 32.2. The number of nitrogens with zero attached hydrogens (tertiary/aromatic N) is 5. The van der Waals surface area contributed by atoms with Crippen molar-refractivity contribution >= 4 is 29.2 Å². The summed E-state index contributed by atoms with van der Waals surface area (Å²) in [6.07, 6.45) is 6.16. The van der Waals surface area contributed by atoms with E-state index in [1.165, 1.54) is 32.1 Å². The van der Waals surface area contributed by atoms with Crippen LogP contribution in [0, 0.1) is 10.1 Å². The molecule has 0 bridgehead atoms. The van der Waals surface area contributed by atoms with Crippen LogP contribution in [0.5, 0.6) is 0 Å². The van der Waals surface area contributed by atoms with E-state index in [-0.39, 0.29) is 16.0 Å². The van der Waals surface area contributed by atoms with Gasteiger partial charge in [-0.25, -0.2) is 4.68 Å². The maximum absolute atomic E-state index is 10.9. The van der Waals surface area contributed by atoms with E-state index >= 15 is 0 Å². The minimum absolute atomic E-state index is 0.0536. The lowest BCUT2D eigenvalue weighted by molar-refractivity contribution is -0.384. The summed E-state index contributed by atoms with van der Waals surface area (Å²) in [7, 11) is 0. The Bertz CT molecular complexity index is 889. The second-order valence-corrected chi connectivity index (χ2v) is 8.67. The molecule has 1 aromatic carbocycles. The van der Waals surface area contributed by atoms with E-state index in [2.05, 4.69) is 25.3 Å². The lowest BCUT2D eigenvalue weighted by atomic mass is 9.89. The molecular formula is C17H17N5O2S2. The molecule has 1 aliphatic carbocycles. The predicted molar refractivity (Wildman–Crippen MR) is 101 cm³/mol. The Morgan fingerprint density at radius 3 is 2.62 bits per heavy atom. The van der Waals surface area contributed by atoms with Crippen LogP contribution in [0.15, 0.2) is 39.9 Å². The Hall–Kier alpha value is -2.00. The van der Waals surface area contributed by atoms with Gasteiger partial charge in [-0.05, 0) is 42.3 Å². The summed E-state index contributed by atoms with van der Waals surface area (Å²) >= 11 is 3.37. The maximum Gasteiger partial charge on any atom is 0.269 e. The summed E-state index contributed by atoms with van der Waals surface area (Å²) < 4.78 is 2.18. The van der Waals surface area contributed by atoms with Gasteiger partial charge in [-0.15, -0.1) is 10.2 Å². The second-order valence-electron chi connectivity index (χ2n) is 6.73. The Morgan fingerprint density at radius 2 is 1.88 bits per heavy atom. The van der Waals surface area contributed by atoms with Crippen LogP contribution in [-0.2, 0) is 0 Å². The summed E-state index contributed by atoms with van der Waals surface area (Å²) in [5, 5.41) is 26.4. The summed E-state index contributed by atoms with van der Waals surface area (Å²) in [6.45, 7) is 0. The van der Waals surface area contributed by atoms with Crippen LogP contribution in [0.4, 0.5) is 5.69 Å².